The van der Waals surface area contributed by atoms with Crippen LogP contribution in [0, 0.1) is 17.0 Å². The van der Waals surface area contributed by atoms with Gasteiger partial charge in [0.2, 0.25) is 10.0 Å². The first-order valence-corrected chi connectivity index (χ1v) is 11.3. The number of carbonyl (C=O) groups excluding carboxylic acids is 1. The molecular weight excluding hydrogens is 422 g/mol. The van der Waals surface area contributed by atoms with Gasteiger partial charge in [-0.15, -0.1) is 0 Å². The van der Waals surface area contributed by atoms with E-state index in [1.807, 2.05) is 13.8 Å². The molecule has 1 fully saturated rings. The van der Waals surface area contributed by atoms with E-state index in [-0.39, 0.29) is 53.8 Å². The van der Waals surface area contributed by atoms with Crippen molar-refractivity contribution in [3.05, 3.63) is 63.7 Å². The molecule has 2 aromatic rings. The third kappa shape index (κ3) is 5.27. The summed E-state index contributed by atoms with van der Waals surface area (Å²) in [6.07, 6.45) is -0.433. The Bertz CT molecular complexity index is 1090. The molecule has 0 bridgehead atoms. The fourth-order valence-electron chi connectivity index (χ4n) is 3.51. The number of nitrogens with one attached hydrogen (secondary N) is 1. The lowest BCUT2D eigenvalue weighted by atomic mass is 10.1. The number of nitro benzene ring substituents is 1. The highest BCUT2D eigenvalue weighted by Crippen LogP contribution is 2.24. The van der Waals surface area contributed by atoms with Crippen LogP contribution >= 0.6 is 0 Å². The molecule has 0 aliphatic carbocycles. The second-order valence-corrected chi connectivity index (χ2v) is 9.58. The standard InChI is InChI=1S/C21H25N3O6S/c1-14-7-8-18(10-20(14)24(26)27)22-11-21(25)17-5-4-6-19(9-17)31(28,29)23-12-15(2)30-16(3)13-23/h4-10,15-16,22H,11-13H2,1-3H3. The van der Waals surface area contributed by atoms with Crippen LogP contribution in [0.2, 0.25) is 0 Å². The molecule has 2 atom stereocenters. The number of morpholine rings is 1. The molecule has 2 aromatic carbocycles. The van der Waals surface area contributed by atoms with Crippen LogP contribution in [0.1, 0.15) is 29.8 Å². The summed E-state index contributed by atoms with van der Waals surface area (Å²) in [5.41, 5.74) is 1.15. The number of benzene rings is 2. The van der Waals surface area contributed by atoms with Gasteiger partial charge in [0.15, 0.2) is 5.78 Å². The second kappa shape index (κ2) is 9.13. The maximum absolute atomic E-state index is 13.0. The third-order valence-electron chi connectivity index (χ3n) is 5.04. The normalized spacial score (nSPS) is 19.7. The van der Waals surface area contributed by atoms with Gasteiger partial charge < -0.3 is 10.1 Å². The van der Waals surface area contributed by atoms with Crippen LogP contribution in [0.4, 0.5) is 11.4 Å². The molecule has 31 heavy (non-hydrogen) atoms. The molecule has 1 N–H and O–H groups in total. The van der Waals surface area contributed by atoms with E-state index >= 15 is 0 Å². The Morgan fingerprint density at radius 2 is 1.87 bits per heavy atom. The van der Waals surface area contributed by atoms with Crippen molar-refractivity contribution in [1.29, 1.82) is 0 Å². The van der Waals surface area contributed by atoms with Crippen LogP contribution in [-0.2, 0) is 14.8 Å². The van der Waals surface area contributed by atoms with E-state index in [9.17, 15) is 23.3 Å². The lowest BCUT2D eigenvalue weighted by molar-refractivity contribution is -0.385. The smallest absolute Gasteiger partial charge is 0.274 e. The number of Topliss-reactive ketones (excluding diaryl/α,β-unsaturated/α-hetero) is 1. The first-order chi connectivity index (χ1) is 14.6. The summed E-state index contributed by atoms with van der Waals surface area (Å²) < 4.78 is 33.1. The van der Waals surface area contributed by atoms with Gasteiger partial charge in [0.25, 0.3) is 5.69 Å². The summed E-state index contributed by atoms with van der Waals surface area (Å²) >= 11 is 0. The summed E-state index contributed by atoms with van der Waals surface area (Å²) in [5, 5.41) is 13.9. The van der Waals surface area contributed by atoms with Crippen LogP contribution in [0.3, 0.4) is 0 Å². The maximum Gasteiger partial charge on any atom is 0.274 e. The van der Waals surface area contributed by atoms with E-state index in [0.717, 1.165) is 0 Å². The zero-order valence-electron chi connectivity index (χ0n) is 17.6. The van der Waals surface area contributed by atoms with Crippen molar-refractivity contribution < 1.29 is 22.9 Å². The molecule has 0 aromatic heterocycles. The van der Waals surface area contributed by atoms with E-state index in [2.05, 4.69) is 5.32 Å². The third-order valence-corrected chi connectivity index (χ3v) is 6.87. The van der Waals surface area contributed by atoms with Gasteiger partial charge in [0.05, 0.1) is 28.6 Å². The fourth-order valence-corrected chi connectivity index (χ4v) is 5.14. The van der Waals surface area contributed by atoms with Crippen molar-refractivity contribution in [2.24, 2.45) is 0 Å². The van der Waals surface area contributed by atoms with Crippen molar-refractivity contribution in [2.45, 2.75) is 37.9 Å². The van der Waals surface area contributed by atoms with Gasteiger partial charge in [0, 0.05) is 36.0 Å². The van der Waals surface area contributed by atoms with E-state index in [4.69, 9.17) is 4.74 Å². The number of nitro groups is 1. The number of sulfonamides is 1. The number of aryl methyl sites for hydroxylation is 1. The minimum Gasteiger partial charge on any atom is -0.377 e. The van der Waals surface area contributed by atoms with Crippen LogP contribution in [-0.4, -0.2) is 55.3 Å². The largest absolute Gasteiger partial charge is 0.377 e. The summed E-state index contributed by atoms with van der Waals surface area (Å²) in [4.78, 5) is 23.3. The second-order valence-electron chi connectivity index (χ2n) is 7.64. The fraction of sp³-hybridized carbons (Fsp3) is 0.381. The van der Waals surface area contributed by atoms with Crippen LogP contribution < -0.4 is 5.32 Å². The van der Waals surface area contributed by atoms with Gasteiger partial charge in [-0.1, -0.05) is 18.2 Å². The molecule has 3 rings (SSSR count). The summed E-state index contributed by atoms with van der Waals surface area (Å²) in [7, 11) is -3.77. The van der Waals surface area contributed by atoms with Crippen molar-refractivity contribution in [1.82, 2.24) is 4.31 Å². The molecule has 1 aliphatic rings. The monoisotopic (exact) mass is 447 g/mol. The van der Waals surface area contributed by atoms with Crippen molar-refractivity contribution in [3.63, 3.8) is 0 Å². The van der Waals surface area contributed by atoms with Crippen molar-refractivity contribution >= 4 is 27.2 Å². The van der Waals surface area contributed by atoms with Gasteiger partial charge in [-0.2, -0.15) is 4.31 Å². The number of carbonyl (C=O) groups is 1. The van der Waals surface area contributed by atoms with E-state index in [1.165, 1.54) is 28.6 Å². The number of hydrogen-bond acceptors (Lipinski definition) is 7. The Kier molecular flexibility index (Phi) is 6.73. The molecule has 0 spiro atoms. The van der Waals surface area contributed by atoms with Crippen LogP contribution in [0.15, 0.2) is 47.4 Å². The molecule has 2 unspecified atom stereocenters. The van der Waals surface area contributed by atoms with E-state index < -0.39 is 14.9 Å². The molecule has 166 valence electrons. The lowest BCUT2D eigenvalue weighted by Gasteiger charge is -2.34. The molecule has 0 radical (unpaired) electrons. The molecule has 1 aliphatic heterocycles. The highest BCUT2D eigenvalue weighted by Gasteiger charge is 2.32. The average molecular weight is 448 g/mol. The number of ketones is 1. The first kappa shape index (κ1) is 22.9. The maximum atomic E-state index is 13.0. The average Bonchev–Trinajstić information content (AvgIpc) is 2.72. The van der Waals surface area contributed by atoms with Crippen LogP contribution in [0.5, 0.6) is 0 Å². The minimum absolute atomic E-state index is 0.0421. The SMILES string of the molecule is Cc1ccc(NCC(=O)c2cccc(S(=O)(=O)N3CC(C)OC(C)C3)c2)cc1[N+](=O)[O-]. The highest BCUT2D eigenvalue weighted by atomic mass is 32.2. The molecule has 9 nitrogen and oxygen atoms in total. The van der Waals surface area contributed by atoms with Crippen molar-refractivity contribution in [3.8, 4) is 0 Å². The zero-order chi connectivity index (χ0) is 22.8. The number of nitrogens with zero attached hydrogens (tertiary/aromatic N) is 2. The van der Waals surface area contributed by atoms with Gasteiger partial charge in [-0.05, 0) is 39.0 Å². The molecule has 0 saturated carbocycles. The lowest BCUT2D eigenvalue weighted by Crippen LogP contribution is -2.48. The summed E-state index contributed by atoms with van der Waals surface area (Å²) in [6.45, 7) is 5.64. The van der Waals surface area contributed by atoms with Crippen LogP contribution in [0.25, 0.3) is 0 Å². The molecule has 0 amide bonds. The number of rotatable bonds is 7. The first-order valence-electron chi connectivity index (χ1n) is 9.85. The predicted octanol–water partition coefficient (Wildman–Crippen LogP) is 3.00. The van der Waals surface area contributed by atoms with Gasteiger partial charge in [0.1, 0.15) is 0 Å². The summed E-state index contributed by atoms with van der Waals surface area (Å²) in [6, 6.07) is 10.5. The Morgan fingerprint density at radius 1 is 1.19 bits per heavy atom. The van der Waals surface area contributed by atoms with Gasteiger partial charge >= 0.3 is 0 Å². The number of anilines is 1. The molecular formula is C21H25N3O6S. The number of ether oxygens (including phenoxy) is 1. The van der Waals surface area contributed by atoms with Gasteiger partial charge in [-0.3, -0.25) is 14.9 Å². The topological polar surface area (TPSA) is 119 Å². The Morgan fingerprint density at radius 3 is 2.52 bits per heavy atom. The Labute approximate surface area is 181 Å². The van der Waals surface area contributed by atoms with E-state index in [1.54, 1.807) is 25.1 Å². The zero-order valence-corrected chi connectivity index (χ0v) is 18.4. The number of hydrogen-bond donors (Lipinski definition) is 1. The molecule has 10 heteroatoms. The molecule has 1 saturated heterocycles. The Hall–Kier alpha value is -2.82. The minimum atomic E-state index is -3.77. The quantitative estimate of drug-likeness (QED) is 0.394. The van der Waals surface area contributed by atoms with Gasteiger partial charge in [-0.25, -0.2) is 8.42 Å². The predicted molar refractivity (Wildman–Crippen MR) is 116 cm³/mol. The van der Waals surface area contributed by atoms with E-state index in [0.29, 0.717) is 11.3 Å². The van der Waals surface area contributed by atoms with Crippen molar-refractivity contribution in [2.75, 3.05) is 25.0 Å². The highest BCUT2D eigenvalue weighted by molar-refractivity contribution is 7.89. The molecule has 1 heterocycles. The summed E-state index contributed by atoms with van der Waals surface area (Å²) in [5.74, 6) is -0.330. The Balaban J connectivity index is 1.74.